The lowest BCUT2D eigenvalue weighted by molar-refractivity contribution is 0.480. The van der Waals surface area contributed by atoms with Crippen LogP contribution in [0.3, 0.4) is 0 Å². The lowest BCUT2D eigenvalue weighted by Gasteiger charge is -2.28. The number of hydrogen-bond acceptors (Lipinski definition) is 7. The minimum absolute atomic E-state index is 0.0395. The molecular formula is C40H59NO9S3. The molecule has 0 aliphatic carbocycles. The van der Waals surface area contributed by atoms with Crippen LogP contribution in [0.25, 0.3) is 32.3 Å². The first-order valence-electron chi connectivity index (χ1n) is 19.7. The molecule has 3 N–H and O–H groups in total. The number of benzene rings is 4. The third-order valence-corrected chi connectivity index (χ3v) is 13.2. The van der Waals surface area contributed by atoms with E-state index in [4.69, 9.17) is 0 Å². The second kappa shape index (κ2) is 19.9. The summed E-state index contributed by atoms with van der Waals surface area (Å²) in [5.74, 6) is 0. The van der Waals surface area contributed by atoms with Gasteiger partial charge >= 0.3 is 0 Å². The molecule has 4 aromatic carbocycles. The maximum atomic E-state index is 13.0. The summed E-state index contributed by atoms with van der Waals surface area (Å²) >= 11 is 0. The number of nitrogens with zero attached hydrogens (tertiary/aromatic N) is 1. The van der Waals surface area contributed by atoms with Crippen molar-refractivity contribution in [3.8, 4) is 0 Å². The van der Waals surface area contributed by atoms with Gasteiger partial charge in [0.2, 0.25) is 0 Å². The third-order valence-electron chi connectivity index (χ3n) is 10.5. The van der Waals surface area contributed by atoms with Crippen LogP contribution in [0.1, 0.15) is 142 Å². The van der Waals surface area contributed by atoms with Gasteiger partial charge in [0.15, 0.2) is 0 Å². The van der Waals surface area contributed by atoms with Crippen molar-refractivity contribution in [3.05, 3.63) is 36.4 Å². The molecule has 0 bridgehead atoms. The molecule has 0 aromatic heterocycles. The summed E-state index contributed by atoms with van der Waals surface area (Å²) < 4.78 is 107. The lowest BCUT2D eigenvalue weighted by Crippen LogP contribution is -2.26. The topological polar surface area (TPSA) is 166 Å². The van der Waals surface area contributed by atoms with E-state index in [9.17, 15) is 38.9 Å². The Morgan fingerprint density at radius 2 is 0.698 bits per heavy atom. The molecule has 13 heteroatoms. The van der Waals surface area contributed by atoms with Gasteiger partial charge in [-0.25, -0.2) is 0 Å². The van der Waals surface area contributed by atoms with Crippen molar-refractivity contribution in [2.45, 2.75) is 157 Å². The van der Waals surface area contributed by atoms with Crippen molar-refractivity contribution in [1.29, 1.82) is 0 Å². The van der Waals surface area contributed by atoms with Crippen LogP contribution in [0.4, 0.5) is 5.69 Å². The molecule has 53 heavy (non-hydrogen) atoms. The highest BCUT2D eigenvalue weighted by Crippen LogP contribution is 2.45. The first-order chi connectivity index (χ1) is 25.2. The van der Waals surface area contributed by atoms with Gasteiger partial charge in [-0.3, -0.25) is 13.7 Å². The minimum atomic E-state index is -4.98. The molecule has 0 amide bonds. The van der Waals surface area contributed by atoms with Crippen molar-refractivity contribution in [2.24, 2.45) is 0 Å². The maximum absolute atomic E-state index is 13.0. The van der Waals surface area contributed by atoms with Crippen LogP contribution in [-0.2, 0) is 30.4 Å². The fourth-order valence-electron chi connectivity index (χ4n) is 7.71. The largest absolute Gasteiger partial charge is 0.371 e. The smallest absolute Gasteiger partial charge is 0.295 e. The van der Waals surface area contributed by atoms with E-state index in [-0.39, 0.29) is 26.9 Å². The van der Waals surface area contributed by atoms with Gasteiger partial charge in [0.25, 0.3) is 30.4 Å². The van der Waals surface area contributed by atoms with Crippen molar-refractivity contribution >= 4 is 68.4 Å². The summed E-state index contributed by atoms with van der Waals surface area (Å²) in [5, 5.41) is 0.795. The Labute approximate surface area is 317 Å². The summed E-state index contributed by atoms with van der Waals surface area (Å²) in [6.45, 7) is 5.67. The highest BCUT2D eigenvalue weighted by atomic mass is 32.2. The molecule has 0 heterocycles. The predicted molar refractivity (Wildman–Crippen MR) is 215 cm³/mol. The molecule has 0 radical (unpaired) electrons. The van der Waals surface area contributed by atoms with Gasteiger partial charge in [-0.1, -0.05) is 154 Å². The first kappa shape index (κ1) is 43.2. The van der Waals surface area contributed by atoms with Crippen LogP contribution in [0.2, 0.25) is 0 Å². The fraction of sp³-hybridized carbons (Fsp3) is 0.600. The average Bonchev–Trinajstić information content (AvgIpc) is 3.09. The second-order valence-corrected chi connectivity index (χ2v) is 18.8. The highest BCUT2D eigenvalue weighted by molar-refractivity contribution is 7.87. The van der Waals surface area contributed by atoms with E-state index < -0.39 is 45.0 Å². The van der Waals surface area contributed by atoms with E-state index in [2.05, 4.69) is 18.7 Å². The molecule has 0 unspecified atom stereocenters. The molecule has 296 valence electrons. The highest BCUT2D eigenvalue weighted by Gasteiger charge is 2.29. The van der Waals surface area contributed by atoms with Gasteiger partial charge < -0.3 is 4.90 Å². The zero-order valence-corrected chi connectivity index (χ0v) is 33.9. The molecule has 0 spiro atoms. The number of unbranched alkanes of at least 4 members (excludes halogenated alkanes) is 18. The van der Waals surface area contributed by atoms with Crippen molar-refractivity contribution < 1.29 is 38.9 Å². The Morgan fingerprint density at radius 3 is 1.04 bits per heavy atom. The van der Waals surface area contributed by atoms with Crippen molar-refractivity contribution in [3.63, 3.8) is 0 Å². The summed E-state index contributed by atoms with van der Waals surface area (Å²) in [5.41, 5.74) is 0.525. The molecule has 4 aromatic rings. The summed E-state index contributed by atoms with van der Waals surface area (Å²) in [6.07, 6.45) is 23.2. The summed E-state index contributed by atoms with van der Waals surface area (Å²) in [6, 6.07) is 7.92. The monoisotopic (exact) mass is 793 g/mol. The van der Waals surface area contributed by atoms with E-state index >= 15 is 0 Å². The molecule has 0 aliphatic heterocycles. The number of hydrogen-bond donors (Lipinski definition) is 3. The summed E-state index contributed by atoms with van der Waals surface area (Å²) in [7, 11) is -14.8. The van der Waals surface area contributed by atoms with Crippen LogP contribution in [0.15, 0.2) is 51.1 Å². The van der Waals surface area contributed by atoms with Gasteiger partial charge in [0.05, 0.1) is 0 Å². The lowest BCUT2D eigenvalue weighted by atomic mass is 9.93. The van der Waals surface area contributed by atoms with E-state index in [1.165, 1.54) is 101 Å². The number of rotatable bonds is 26. The molecule has 0 saturated carbocycles. The van der Waals surface area contributed by atoms with E-state index in [0.717, 1.165) is 51.4 Å². The van der Waals surface area contributed by atoms with E-state index in [1.807, 2.05) is 0 Å². The molecule has 0 atom stereocenters. The Balaban J connectivity index is 1.72. The first-order valence-corrected chi connectivity index (χ1v) is 24.0. The van der Waals surface area contributed by atoms with Crippen LogP contribution in [0, 0.1) is 0 Å². The maximum Gasteiger partial charge on any atom is 0.295 e. The van der Waals surface area contributed by atoms with Gasteiger partial charge in [0, 0.05) is 51.1 Å². The zero-order valence-electron chi connectivity index (χ0n) is 31.5. The molecule has 0 fully saturated rings. The van der Waals surface area contributed by atoms with Gasteiger partial charge in [0.1, 0.15) is 14.7 Å². The van der Waals surface area contributed by atoms with Gasteiger partial charge in [-0.05, 0) is 25.0 Å². The Bertz CT molecular complexity index is 2040. The van der Waals surface area contributed by atoms with E-state index in [1.54, 1.807) is 6.07 Å². The quantitative estimate of drug-likeness (QED) is 0.0316. The minimum Gasteiger partial charge on any atom is -0.371 e. The van der Waals surface area contributed by atoms with Crippen molar-refractivity contribution in [1.82, 2.24) is 0 Å². The van der Waals surface area contributed by atoms with Crippen LogP contribution in [0.5, 0.6) is 0 Å². The van der Waals surface area contributed by atoms with Crippen LogP contribution < -0.4 is 4.90 Å². The number of anilines is 1. The van der Waals surface area contributed by atoms with Gasteiger partial charge in [-0.15, -0.1) is 0 Å². The zero-order chi connectivity index (χ0) is 38.6. The second-order valence-electron chi connectivity index (χ2n) is 14.6. The standard InChI is InChI=1S/C40H59NO9S3/c1-3-5-7-9-11-13-15-17-19-21-27-41(28-22-20-18-16-14-12-10-8-6-4-2)35-29-36(51(42,43)44)32-25-26-34-38(53(48,49)50)30-37(52(45,46)47)33-24-23-31(35)39(32)40(33)34/h23-26,29-30H,3-22,27-28H2,1-2H3,(H,42,43,44)(H,45,46,47)(H,48,49,50). The molecule has 4 rings (SSSR count). The molecular weight excluding hydrogens is 735 g/mol. The van der Waals surface area contributed by atoms with Gasteiger partial charge in [-0.2, -0.15) is 25.3 Å². The van der Waals surface area contributed by atoms with Crippen molar-refractivity contribution in [2.75, 3.05) is 18.0 Å². The molecule has 10 nitrogen and oxygen atoms in total. The SMILES string of the molecule is CCCCCCCCCCCCN(CCCCCCCCCCCC)c1cc(S(=O)(=O)O)c2ccc3c(S(=O)(=O)O)cc(S(=O)(=O)O)c4ccc1c2c43. The molecule has 0 aliphatic rings. The third kappa shape index (κ3) is 11.7. The summed E-state index contributed by atoms with van der Waals surface area (Å²) in [4.78, 5) is 0.261. The predicted octanol–water partition coefficient (Wildman–Crippen LogP) is 11.0. The Kier molecular flexibility index (Phi) is 16.2. The average molecular weight is 794 g/mol. The Hall–Kier alpha value is -2.55. The van der Waals surface area contributed by atoms with Crippen LogP contribution >= 0.6 is 0 Å². The van der Waals surface area contributed by atoms with Crippen LogP contribution in [-0.4, -0.2) is 52.0 Å². The Morgan fingerprint density at radius 1 is 0.415 bits per heavy atom. The van der Waals surface area contributed by atoms with E-state index in [0.29, 0.717) is 30.2 Å². The fourth-order valence-corrected chi connectivity index (χ4v) is 9.93. The normalized spacial score (nSPS) is 12.8. The molecule has 0 saturated heterocycles.